The minimum absolute atomic E-state index is 0.0299. The van der Waals surface area contributed by atoms with Crippen LogP contribution in [0.4, 0.5) is 11.4 Å². The normalized spacial score (nSPS) is 11.0. The number of rotatable bonds is 11. The topological polar surface area (TPSA) is 74.6 Å². The van der Waals surface area contributed by atoms with Gasteiger partial charge in [-0.3, -0.25) is 4.79 Å². The second-order valence-corrected chi connectivity index (χ2v) is 10.1. The van der Waals surface area contributed by atoms with Crippen molar-refractivity contribution >= 4 is 69.2 Å². The summed E-state index contributed by atoms with van der Waals surface area (Å²) in [6, 6.07) is 18.4. The summed E-state index contributed by atoms with van der Waals surface area (Å²) < 4.78 is 12.6. The quantitative estimate of drug-likeness (QED) is 0.128. The Hall–Kier alpha value is -2.93. The van der Waals surface area contributed by atoms with Crippen molar-refractivity contribution in [3.63, 3.8) is 0 Å². The van der Waals surface area contributed by atoms with E-state index in [0.717, 1.165) is 27.9 Å². The standard InChI is InChI=1S/C29H28Cl2IN3O3/c1-4-35(5-2)24-11-9-23(10-12-24)34-29(36)21(17-33)13-19-14-26(32)28(27(15-19)37-6-3)38-18-20-7-8-22(30)16-25(20)31/h7-16H,4-6,18H2,1-3H3,(H,34,36)/b21-13-. The number of amides is 1. The molecule has 0 saturated carbocycles. The van der Waals surface area contributed by atoms with Gasteiger partial charge < -0.3 is 19.7 Å². The van der Waals surface area contributed by atoms with Gasteiger partial charge in [0.25, 0.3) is 5.91 Å². The Balaban J connectivity index is 1.80. The molecule has 0 saturated heterocycles. The molecular weight excluding hydrogens is 636 g/mol. The van der Waals surface area contributed by atoms with E-state index in [4.69, 9.17) is 32.7 Å². The van der Waals surface area contributed by atoms with Crippen LogP contribution in [0.15, 0.2) is 60.2 Å². The van der Waals surface area contributed by atoms with E-state index in [2.05, 4.69) is 46.7 Å². The molecule has 0 fully saturated rings. The van der Waals surface area contributed by atoms with Crippen LogP contribution in [0, 0.1) is 14.9 Å². The highest BCUT2D eigenvalue weighted by Crippen LogP contribution is 2.36. The fourth-order valence-corrected chi connectivity index (χ4v) is 4.97. The number of carbonyl (C=O) groups is 1. The summed E-state index contributed by atoms with van der Waals surface area (Å²) in [5, 5.41) is 13.6. The minimum atomic E-state index is -0.492. The van der Waals surface area contributed by atoms with Crippen molar-refractivity contribution in [3.05, 3.63) is 84.9 Å². The lowest BCUT2D eigenvalue weighted by molar-refractivity contribution is -0.112. The third-order valence-electron chi connectivity index (χ3n) is 5.65. The summed E-state index contributed by atoms with van der Waals surface area (Å²) in [5.41, 5.74) is 3.08. The van der Waals surface area contributed by atoms with Crippen LogP contribution in [-0.2, 0) is 11.4 Å². The lowest BCUT2D eigenvalue weighted by Gasteiger charge is -2.21. The van der Waals surface area contributed by atoms with Crippen LogP contribution in [0.25, 0.3) is 6.08 Å². The van der Waals surface area contributed by atoms with Gasteiger partial charge in [-0.1, -0.05) is 29.3 Å². The maximum absolute atomic E-state index is 12.9. The molecule has 198 valence electrons. The van der Waals surface area contributed by atoms with Crippen molar-refractivity contribution in [3.8, 4) is 17.6 Å². The van der Waals surface area contributed by atoms with Crippen LogP contribution in [0.1, 0.15) is 31.9 Å². The van der Waals surface area contributed by atoms with Gasteiger partial charge >= 0.3 is 0 Å². The Bertz CT molecular complexity index is 1350. The van der Waals surface area contributed by atoms with Gasteiger partial charge in [0.05, 0.1) is 10.2 Å². The highest BCUT2D eigenvalue weighted by Gasteiger charge is 2.15. The number of nitrogens with one attached hydrogen (secondary N) is 1. The molecule has 0 aliphatic heterocycles. The first-order chi connectivity index (χ1) is 18.3. The molecule has 0 aromatic heterocycles. The number of hydrogen-bond acceptors (Lipinski definition) is 5. The molecule has 3 aromatic rings. The van der Waals surface area contributed by atoms with Crippen LogP contribution in [0.3, 0.4) is 0 Å². The lowest BCUT2D eigenvalue weighted by atomic mass is 10.1. The number of carbonyl (C=O) groups excluding carboxylic acids is 1. The molecule has 0 unspecified atom stereocenters. The first-order valence-electron chi connectivity index (χ1n) is 12.1. The van der Waals surface area contributed by atoms with Gasteiger partial charge in [-0.15, -0.1) is 0 Å². The number of anilines is 2. The van der Waals surface area contributed by atoms with Gasteiger partial charge in [-0.2, -0.15) is 5.26 Å². The first-order valence-corrected chi connectivity index (χ1v) is 13.9. The zero-order valence-electron chi connectivity index (χ0n) is 21.4. The average molecular weight is 664 g/mol. The third kappa shape index (κ3) is 7.79. The summed E-state index contributed by atoms with van der Waals surface area (Å²) in [5.74, 6) is 0.557. The predicted molar refractivity (Wildman–Crippen MR) is 163 cm³/mol. The van der Waals surface area contributed by atoms with Gasteiger partial charge in [-0.05, 0) is 104 Å². The Morgan fingerprint density at radius 2 is 1.76 bits per heavy atom. The number of halogens is 3. The van der Waals surface area contributed by atoms with Crippen LogP contribution in [-0.4, -0.2) is 25.6 Å². The second kappa shape index (κ2) is 14.3. The molecule has 3 aromatic carbocycles. The summed E-state index contributed by atoms with van der Waals surface area (Å²) >= 11 is 14.4. The highest BCUT2D eigenvalue weighted by atomic mass is 127. The number of benzene rings is 3. The van der Waals surface area contributed by atoms with Crippen molar-refractivity contribution in [1.82, 2.24) is 0 Å². The van der Waals surface area contributed by atoms with E-state index in [1.807, 2.05) is 49.4 Å². The number of hydrogen-bond donors (Lipinski definition) is 1. The Labute approximate surface area is 247 Å². The smallest absolute Gasteiger partial charge is 0.266 e. The van der Waals surface area contributed by atoms with Gasteiger partial charge in [0, 0.05) is 40.1 Å². The second-order valence-electron chi connectivity index (χ2n) is 8.13. The summed E-state index contributed by atoms with van der Waals surface area (Å²) in [6.45, 7) is 8.48. The molecule has 0 radical (unpaired) electrons. The van der Waals surface area contributed by atoms with Gasteiger partial charge in [0.15, 0.2) is 11.5 Å². The number of nitrogens with zero attached hydrogens (tertiary/aromatic N) is 2. The van der Waals surface area contributed by atoms with Crippen LogP contribution in [0.2, 0.25) is 10.0 Å². The maximum atomic E-state index is 12.9. The lowest BCUT2D eigenvalue weighted by Crippen LogP contribution is -2.21. The fourth-order valence-electron chi connectivity index (χ4n) is 3.72. The van der Waals surface area contributed by atoms with Crippen LogP contribution in [0.5, 0.6) is 11.5 Å². The molecule has 38 heavy (non-hydrogen) atoms. The van der Waals surface area contributed by atoms with Crippen molar-refractivity contribution < 1.29 is 14.3 Å². The molecule has 0 aliphatic carbocycles. The molecular formula is C29H28Cl2IN3O3. The molecule has 0 aliphatic rings. The van der Waals surface area contributed by atoms with Crippen molar-refractivity contribution in [2.75, 3.05) is 29.9 Å². The maximum Gasteiger partial charge on any atom is 0.266 e. The highest BCUT2D eigenvalue weighted by molar-refractivity contribution is 14.1. The van der Waals surface area contributed by atoms with E-state index in [1.54, 1.807) is 18.2 Å². The molecule has 1 N–H and O–H groups in total. The summed E-state index contributed by atoms with van der Waals surface area (Å²) in [4.78, 5) is 15.1. The Kier molecular flexibility index (Phi) is 11.1. The fraction of sp³-hybridized carbons (Fsp3) is 0.241. The SMILES string of the molecule is CCOc1cc(/C=C(/C#N)C(=O)Nc2ccc(N(CC)CC)cc2)cc(I)c1OCc1ccc(Cl)cc1Cl. The molecule has 1 amide bonds. The van der Waals surface area contributed by atoms with Gasteiger partial charge in [0.2, 0.25) is 0 Å². The molecule has 0 heterocycles. The van der Waals surface area contributed by atoms with E-state index in [1.165, 1.54) is 6.08 Å². The summed E-state index contributed by atoms with van der Waals surface area (Å²) in [7, 11) is 0. The predicted octanol–water partition coefficient (Wildman–Crippen LogP) is 7.97. The average Bonchev–Trinajstić information content (AvgIpc) is 2.89. The van der Waals surface area contributed by atoms with E-state index in [0.29, 0.717) is 39.4 Å². The van der Waals surface area contributed by atoms with Crippen molar-refractivity contribution in [1.29, 1.82) is 5.26 Å². The van der Waals surface area contributed by atoms with E-state index in [9.17, 15) is 10.1 Å². The molecule has 3 rings (SSSR count). The first kappa shape index (κ1) is 29.6. The Morgan fingerprint density at radius 3 is 2.37 bits per heavy atom. The monoisotopic (exact) mass is 663 g/mol. The van der Waals surface area contributed by atoms with E-state index < -0.39 is 5.91 Å². The number of ether oxygens (including phenoxy) is 2. The molecule has 9 heteroatoms. The number of nitriles is 1. The zero-order chi connectivity index (χ0) is 27.7. The van der Waals surface area contributed by atoms with Crippen LogP contribution >= 0.6 is 45.8 Å². The van der Waals surface area contributed by atoms with Gasteiger partial charge in [0.1, 0.15) is 18.2 Å². The molecule has 0 atom stereocenters. The van der Waals surface area contributed by atoms with Crippen molar-refractivity contribution in [2.24, 2.45) is 0 Å². The summed E-state index contributed by atoms with van der Waals surface area (Å²) in [6.07, 6.45) is 1.53. The molecule has 0 bridgehead atoms. The largest absolute Gasteiger partial charge is 0.490 e. The van der Waals surface area contributed by atoms with Crippen LogP contribution < -0.4 is 19.7 Å². The Morgan fingerprint density at radius 1 is 1.05 bits per heavy atom. The third-order valence-corrected chi connectivity index (χ3v) is 7.04. The van der Waals surface area contributed by atoms with Crippen molar-refractivity contribution in [2.45, 2.75) is 27.4 Å². The van der Waals surface area contributed by atoms with Gasteiger partial charge in [-0.25, -0.2) is 0 Å². The molecule has 6 nitrogen and oxygen atoms in total. The molecule has 0 spiro atoms. The van der Waals surface area contributed by atoms with E-state index in [-0.39, 0.29) is 12.2 Å². The minimum Gasteiger partial charge on any atom is -0.490 e. The van der Waals surface area contributed by atoms with E-state index >= 15 is 0 Å². The zero-order valence-corrected chi connectivity index (χ0v) is 25.0.